The molecule has 3 aromatic carbocycles. The Hall–Kier alpha value is -3.27. The van der Waals surface area contributed by atoms with Crippen molar-refractivity contribution in [2.24, 2.45) is 0 Å². The van der Waals surface area contributed by atoms with Crippen LogP contribution in [0, 0.1) is 0 Å². The fourth-order valence-corrected chi connectivity index (χ4v) is 5.11. The Bertz CT molecular complexity index is 1390. The minimum absolute atomic E-state index is 0.0283. The van der Waals surface area contributed by atoms with Crippen molar-refractivity contribution >= 4 is 50.7 Å². The van der Waals surface area contributed by atoms with Gasteiger partial charge in [-0.15, -0.1) is 0 Å². The number of nitrogens with zero attached hydrogens (tertiary/aromatic N) is 1. The number of carbonyl (C=O) groups is 2. The highest BCUT2D eigenvalue weighted by molar-refractivity contribution is 8.18. The van der Waals surface area contributed by atoms with Crippen LogP contribution in [0.15, 0.2) is 82.6 Å². The smallest absolute Gasteiger partial charge is 0.339 e. The molecule has 0 bridgehead atoms. The van der Waals surface area contributed by atoms with E-state index in [1.165, 1.54) is 49.6 Å². The number of methoxy groups -OCH3 is 1. The first kappa shape index (κ1) is 23.9. The van der Waals surface area contributed by atoms with E-state index < -0.39 is 21.3 Å². The summed E-state index contributed by atoms with van der Waals surface area (Å²) in [6.45, 7) is 0.0605. The predicted octanol–water partition coefficient (Wildman–Crippen LogP) is 5.35. The molecule has 1 aliphatic heterocycles. The monoisotopic (exact) mass is 515 g/mol. The maximum absolute atomic E-state index is 12.8. The minimum Gasteiger partial charge on any atom is -0.497 e. The van der Waals surface area contributed by atoms with E-state index in [1.54, 1.807) is 36.4 Å². The van der Waals surface area contributed by atoms with Gasteiger partial charge in [0.2, 0.25) is 0 Å². The van der Waals surface area contributed by atoms with Crippen molar-refractivity contribution in [1.29, 1.82) is 0 Å². The van der Waals surface area contributed by atoms with Crippen LogP contribution in [-0.2, 0) is 21.5 Å². The van der Waals surface area contributed by atoms with Gasteiger partial charge in [-0.25, -0.2) is 0 Å². The number of halogens is 1. The van der Waals surface area contributed by atoms with Crippen molar-refractivity contribution in [3.05, 3.63) is 93.9 Å². The Labute approximate surface area is 206 Å². The molecular weight excluding hydrogens is 498 g/mol. The third-order valence-corrected chi connectivity index (χ3v) is 7.41. The molecule has 0 saturated carbocycles. The van der Waals surface area contributed by atoms with E-state index in [1.807, 2.05) is 0 Å². The maximum atomic E-state index is 12.8. The number of hydrogen-bond donors (Lipinski definition) is 0. The van der Waals surface area contributed by atoms with Crippen LogP contribution in [0.4, 0.5) is 4.79 Å². The Balaban J connectivity index is 1.52. The van der Waals surface area contributed by atoms with Crippen molar-refractivity contribution in [2.45, 2.75) is 11.4 Å². The van der Waals surface area contributed by atoms with E-state index in [2.05, 4.69) is 0 Å². The number of carbonyl (C=O) groups excluding carboxylic acids is 2. The average molecular weight is 516 g/mol. The van der Waals surface area contributed by atoms with Gasteiger partial charge in [0, 0.05) is 5.02 Å². The van der Waals surface area contributed by atoms with Gasteiger partial charge in [-0.2, -0.15) is 8.42 Å². The van der Waals surface area contributed by atoms with E-state index in [0.29, 0.717) is 21.9 Å². The van der Waals surface area contributed by atoms with Crippen molar-refractivity contribution in [3.8, 4) is 11.5 Å². The summed E-state index contributed by atoms with van der Waals surface area (Å²) in [6, 6.07) is 19.0. The van der Waals surface area contributed by atoms with Crippen LogP contribution in [0.1, 0.15) is 11.1 Å². The minimum atomic E-state index is -4.07. The van der Waals surface area contributed by atoms with Crippen LogP contribution >= 0.6 is 23.4 Å². The summed E-state index contributed by atoms with van der Waals surface area (Å²) < 4.78 is 35.5. The number of imide groups is 1. The van der Waals surface area contributed by atoms with Gasteiger partial charge in [-0.3, -0.25) is 14.5 Å². The first-order valence-corrected chi connectivity index (χ1v) is 12.5. The summed E-state index contributed by atoms with van der Waals surface area (Å²) in [6.07, 6.45) is 1.52. The van der Waals surface area contributed by atoms with E-state index in [9.17, 15) is 18.0 Å². The highest BCUT2D eigenvalue weighted by atomic mass is 35.5. The summed E-state index contributed by atoms with van der Waals surface area (Å²) in [5.41, 5.74) is 1.16. The van der Waals surface area contributed by atoms with Crippen LogP contribution in [0.5, 0.6) is 11.5 Å². The molecule has 0 N–H and O–H groups in total. The lowest BCUT2D eigenvalue weighted by molar-refractivity contribution is -0.123. The molecule has 7 nitrogen and oxygen atoms in total. The number of benzene rings is 3. The van der Waals surface area contributed by atoms with E-state index in [0.717, 1.165) is 16.7 Å². The normalized spacial score (nSPS) is 15.1. The molecule has 0 aromatic heterocycles. The molecule has 1 saturated heterocycles. The first-order valence-electron chi connectivity index (χ1n) is 9.94. The second-order valence-corrected chi connectivity index (χ2v) is 10.1. The second kappa shape index (κ2) is 9.92. The second-order valence-electron chi connectivity index (χ2n) is 7.14. The van der Waals surface area contributed by atoms with E-state index >= 15 is 0 Å². The highest BCUT2D eigenvalue weighted by Gasteiger charge is 2.35. The third kappa shape index (κ3) is 5.27. The molecule has 1 heterocycles. The lowest BCUT2D eigenvalue weighted by Crippen LogP contribution is -2.27. The average Bonchev–Trinajstić information content (AvgIpc) is 3.07. The largest absolute Gasteiger partial charge is 0.497 e. The SMILES string of the molecule is COc1ccc(S(=O)(=O)Oc2cccc(/C=C3\SC(=O)N(Cc4ccccc4Cl)C3=O)c2)cc1. The van der Waals surface area contributed by atoms with Crippen molar-refractivity contribution < 1.29 is 26.9 Å². The Morgan fingerprint density at radius 2 is 1.71 bits per heavy atom. The molecule has 34 heavy (non-hydrogen) atoms. The van der Waals surface area contributed by atoms with Crippen LogP contribution in [0.3, 0.4) is 0 Å². The Morgan fingerprint density at radius 1 is 0.971 bits per heavy atom. The summed E-state index contributed by atoms with van der Waals surface area (Å²) in [7, 11) is -2.59. The van der Waals surface area contributed by atoms with Gasteiger partial charge in [-0.05, 0) is 71.4 Å². The molecule has 3 aromatic rings. The zero-order valence-corrected chi connectivity index (χ0v) is 20.2. The zero-order valence-electron chi connectivity index (χ0n) is 17.8. The number of amides is 2. The molecule has 1 aliphatic rings. The zero-order chi connectivity index (χ0) is 24.3. The van der Waals surface area contributed by atoms with Crippen molar-refractivity contribution in [2.75, 3.05) is 7.11 Å². The van der Waals surface area contributed by atoms with Crippen LogP contribution in [-0.4, -0.2) is 31.6 Å². The molecule has 4 rings (SSSR count). The predicted molar refractivity (Wildman–Crippen MR) is 130 cm³/mol. The molecule has 10 heteroatoms. The molecule has 0 spiro atoms. The maximum Gasteiger partial charge on any atom is 0.339 e. The number of ether oxygens (including phenoxy) is 1. The van der Waals surface area contributed by atoms with Crippen molar-refractivity contribution in [1.82, 2.24) is 4.90 Å². The van der Waals surface area contributed by atoms with Crippen LogP contribution in [0.2, 0.25) is 5.02 Å². The topological polar surface area (TPSA) is 90.0 Å². The quantitative estimate of drug-likeness (QED) is 0.309. The molecule has 0 radical (unpaired) electrons. The lowest BCUT2D eigenvalue weighted by Gasteiger charge is -2.13. The summed E-state index contributed by atoms with van der Waals surface area (Å²) in [5.74, 6) is 0.136. The lowest BCUT2D eigenvalue weighted by atomic mass is 10.2. The van der Waals surface area contributed by atoms with E-state index in [-0.39, 0.29) is 22.1 Å². The summed E-state index contributed by atoms with van der Waals surface area (Å²) in [5, 5.41) is 0.0547. The Kier molecular flexibility index (Phi) is 6.97. The number of hydrogen-bond acceptors (Lipinski definition) is 7. The molecule has 2 amide bonds. The summed E-state index contributed by atoms with van der Waals surface area (Å²) in [4.78, 5) is 26.6. The third-order valence-electron chi connectivity index (χ3n) is 4.87. The van der Waals surface area contributed by atoms with Gasteiger partial charge in [0.15, 0.2) is 0 Å². The fraction of sp³-hybridized carbons (Fsp3) is 0.0833. The number of thioether (sulfide) groups is 1. The first-order chi connectivity index (χ1) is 16.3. The highest BCUT2D eigenvalue weighted by Crippen LogP contribution is 2.34. The van der Waals surface area contributed by atoms with Gasteiger partial charge in [-0.1, -0.05) is 41.9 Å². The van der Waals surface area contributed by atoms with Crippen LogP contribution < -0.4 is 8.92 Å². The van der Waals surface area contributed by atoms with Gasteiger partial charge in [0.05, 0.1) is 18.6 Å². The molecule has 1 fully saturated rings. The van der Waals surface area contributed by atoms with Gasteiger partial charge in [0.1, 0.15) is 16.4 Å². The molecule has 0 aliphatic carbocycles. The van der Waals surface area contributed by atoms with Crippen molar-refractivity contribution in [3.63, 3.8) is 0 Å². The number of rotatable bonds is 7. The molecule has 0 unspecified atom stereocenters. The Morgan fingerprint density at radius 3 is 2.41 bits per heavy atom. The van der Waals surface area contributed by atoms with Gasteiger partial charge in [0.25, 0.3) is 11.1 Å². The fourth-order valence-electron chi connectivity index (χ4n) is 3.16. The van der Waals surface area contributed by atoms with Gasteiger partial charge < -0.3 is 8.92 Å². The summed E-state index contributed by atoms with van der Waals surface area (Å²) >= 11 is 6.96. The van der Waals surface area contributed by atoms with Gasteiger partial charge >= 0.3 is 10.1 Å². The molecular formula is C24H18ClNO6S2. The van der Waals surface area contributed by atoms with E-state index in [4.69, 9.17) is 20.5 Å². The van der Waals surface area contributed by atoms with Crippen LogP contribution in [0.25, 0.3) is 6.08 Å². The molecule has 0 atom stereocenters. The molecule has 174 valence electrons. The standard InChI is InChI=1S/C24H18ClNO6S2/c1-31-18-9-11-20(12-10-18)34(29,30)32-19-7-4-5-16(13-19)14-22-23(27)26(24(28)33-22)15-17-6-2-3-8-21(17)25/h2-14H,15H2,1H3/b22-14-.